The lowest BCUT2D eigenvalue weighted by Gasteiger charge is -2.25. The van der Waals surface area contributed by atoms with Crippen LogP contribution in [0.2, 0.25) is 0 Å². The molecule has 0 radical (unpaired) electrons. The molecule has 2 aromatic heterocycles. The summed E-state index contributed by atoms with van der Waals surface area (Å²) in [4.78, 5) is 13.1. The van der Waals surface area contributed by atoms with Crippen LogP contribution in [0, 0.1) is 0 Å². The summed E-state index contributed by atoms with van der Waals surface area (Å²) in [7, 11) is 0. The number of carbonyl (C=O) groups excluding carboxylic acids is 1. The van der Waals surface area contributed by atoms with Crippen LogP contribution in [-0.4, -0.2) is 29.8 Å². The highest BCUT2D eigenvalue weighted by Crippen LogP contribution is 2.41. The van der Waals surface area contributed by atoms with Gasteiger partial charge in [0.15, 0.2) is 23.7 Å². The number of thiophene rings is 1. The molecule has 1 aliphatic heterocycles. The molecule has 1 unspecified atom stereocenters. The predicted octanol–water partition coefficient (Wildman–Crippen LogP) is 3.49. The first-order chi connectivity index (χ1) is 13.9. The van der Waals surface area contributed by atoms with Crippen LogP contribution in [0.1, 0.15) is 30.0 Å². The fourth-order valence-corrected chi connectivity index (χ4v) is 4.27. The molecule has 7 heteroatoms. The maximum absolute atomic E-state index is 12.4. The number of rotatable bonds is 7. The molecule has 2 N–H and O–H groups in total. The molecule has 1 atom stereocenters. The van der Waals surface area contributed by atoms with Gasteiger partial charge in [0.05, 0.1) is 12.8 Å². The molecular formula is C22H23NO5S. The van der Waals surface area contributed by atoms with E-state index < -0.39 is 5.60 Å². The third kappa shape index (κ3) is 4.02. The van der Waals surface area contributed by atoms with Crippen LogP contribution in [0.3, 0.4) is 0 Å². The number of para-hydroxylation sites is 1. The summed E-state index contributed by atoms with van der Waals surface area (Å²) in [6.07, 6.45) is 2.29. The fourth-order valence-electron chi connectivity index (χ4n) is 3.45. The minimum atomic E-state index is -1.44. The zero-order valence-corrected chi connectivity index (χ0v) is 17.1. The van der Waals surface area contributed by atoms with Gasteiger partial charge in [0.2, 0.25) is 0 Å². The molecule has 1 aromatic carbocycles. The smallest absolute Gasteiger partial charge is 0.258 e. The summed E-state index contributed by atoms with van der Waals surface area (Å²) in [5, 5.41) is 15.8. The zero-order valence-electron chi connectivity index (χ0n) is 16.3. The monoisotopic (exact) mass is 413 g/mol. The molecule has 1 amide bonds. The highest BCUT2D eigenvalue weighted by molar-refractivity contribution is 7.10. The van der Waals surface area contributed by atoms with Crippen LogP contribution < -0.4 is 14.8 Å². The number of carbonyl (C=O) groups is 1. The Morgan fingerprint density at radius 2 is 2.14 bits per heavy atom. The van der Waals surface area contributed by atoms with Crippen molar-refractivity contribution >= 4 is 17.2 Å². The predicted molar refractivity (Wildman–Crippen MR) is 109 cm³/mol. The molecule has 0 spiro atoms. The van der Waals surface area contributed by atoms with Crippen LogP contribution in [0.5, 0.6) is 11.5 Å². The van der Waals surface area contributed by atoms with E-state index in [1.54, 1.807) is 18.2 Å². The third-order valence-electron chi connectivity index (χ3n) is 4.81. The Bertz CT molecular complexity index is 945. The van der Waals surface area contributed by atoms with Gasteiger partial charge < -0.3 is 24.3 Å². The van der Waals surface area contributed by atoms with Crippen molar-refractivity contribution in [2.75, 3.05) is 13.2 Å². The van der Waals surface area contributed by atoms with E-state index in [1.807, 2.05) is 43.5 Å². The van der Waals surface area contributed by atoms with Crippen molar-refractivity contribution in [3.8, 4) is 11.5 Å². The van der Waals surface area contributed by atoms with Gasteiger partial charge in [0.1, 0.15) is 11.4 Å². The first-order valence-electron chi connectivity index (χ1n) is 9.38. The quantitative estimate of drug-likeness (QED) is 0.620. The summed E-state index contributed by atoms with van der Waals surface area (Å²) >= 11 is 1.39. The normalized spacial score (nSPS) is 16.5. The standard InChI is InChI=1S/C22H23NO5S/c1-21(2)12-15-6-3-7-16(20(15)28-21)27-13-19(24)23-14-22(25,17-8-4-10-26-17)18-9-5-11-29-18/h3-11,25H,12-14H2,1-2H3,(H,23,24). The lowest BCUT2D eigenvalue weighted by atomic mass is 9.98. The number of nitrogens with one attached hydrogen (secondary N) is 1. The lowest BCUT2D eigenvalue weighted by Crippen LogP contribution is -2.42. The second-order valence-electron chi connectivity index (χ2n) is 7.66. The van der Waals surface area contributed by atoms with Crippen molar-refractivity contribution in [2.24, 2.45) is 0 Å². The average Bonchev–Trinajstić information content (AvgIpc) is 3.44. The van der Waals surface area contributed by atoms with Crippen molar-refractivity contribution in [1.29, 1.82) is 0 Å². The Hall–Kier alpha value is -2.77. The van der Waals surface area contributed by atoms with Gasteiger partial charge in [0.25, 0.3) is 5.91 Å². The van der Waals surface area contributed by atoms with Crippen molar-refractivity contribution in [3.63, 3.8) is 0 Å². The molecule has 4 rings (SSSR count). The number of aliphatic hydroxyl groups is 1. The molecule has 0 fully saturated rings. The van der Waals surface area contributed by atoms with E-state index in [0.29, 0.717) is 22.1 Å². The number of ether oxygens (including phenoxy) is 2. The Labute approximate surface area is 173 Å². The Morgan fingerprint density at radius 3 is 2.86 bits per heavy atom. The lowest BCUT2D eigenvalue weighted by molar-refractivity contribution is -0.124. The van der Waals surface area contributed by atoms with Gasteiger partial charge in [-0.3, -0.25) is 4.79 Å². The van der Waals surface area contributed by atoms with E-state index in [-0.39, 0.29) is 24.7 Å². The molecule has 0 saturated carbocycles. The Kier molecular flexibility index (Phi) is 5.10. The summed E-state index contributed by atoms with van der Waals surface area (Å²) in [6, 6.07) is 12.7. The maximum Gasteiger partial charge on any atom is 0.258 e. The van der Waals surface area contributed by atoms with Gasteiger partial charge in [-0.15, -0.1) is 11.3 Å². The van der Waals surface area contributed by atoms with Crippen molar-refractivity contribution in [2.45, 2.75) is 31.5 Å². The summed E-state index contributed by atoms with van der Waals surface area (Å²) in [5.74, 6) is 1.26. The number of amides is 1. The van der Waals surface area contributed by atoms with Crippen LogP contribution in [0.4, 0.5) is 0 Å². The van der Waals surface area contributed by atoms with Gasteiger partial charge in [-0.25, -0.2) is 0 Å². The van der Waals surface area contributed by atoms with E-state index in [0.717, 1.165) is 12.0 Å². The first kappa shape index (κ1) is 19.5. The molecule has 29 heavy (non-hydrogen) atoms. The van der Waals surface area contributed by atoms with Gasteiger partial charge in [0, 0.05) is 16.9 Å². The number of hydrogen-bond acceptors (Lipinski definition) is 6. The van der Waals surface area contributed by atoms with Gasteiger partial charge in [-0.2, -0.15) is 0 Å². The minimum absolute atomic E-state index is 0.0281. The molecule has 152 valence electrons. The number of benzene rings is 1. The summed E-state index contributed by atoms with van der Waals surface area (Å²) in [6.45, 7) is 3.83. The largest absolute Gasteiger partial charge is 0.483 e. The van der Waals surface area contributed by atoms with E-state index in [1.165, 1.54) is 17.6 Å². The van der Waals surface area contributed by atoms with Crippen molar-refractivity contribution in [1.82, 2.24) is 5.32 Å². The third-order valence-corrected chi connectivity index (χ3v) is 5.83. The van der Waals surface area contributed by atoms with Crippen LogP contribution in [0.15, 0.2) is 58.5 Å². The molecule has 3 aromatic rings. The van der Waals surface area contributed by atoms with E-state index >= 15 is 0 Å². The van der Waals surface area contributed by atoms with Gasteiger partial charge in [-0.05, 0) is 43.5 Å². The summed E-state index contributed by atoms with van der Waals surface area (Å²) < 4.78 is 17.1. The van der Waals surface area contributed by atoms with Crippen LogP contribution in [-0.2, 0) is 16.8 Å². The molecule has 3 heterocycles. The molecule has 1 aliphatic rings. The van der Waals surface area contributed by atoms with E-state index in [9.17, 15) is 9.90 Å². The Balaban J connectivity index is 1.40. The topological polar surface area (TPSA) is 80.9 Å². The maximum atomic E-state index is 12.4. The highest BCUT2D eigenvalue weighted by Gasteiger charge is 2.36. The number of fused-ring (bicyclic) bond motifs is 1. The molecule has 0 saturated heterocycles. The second kappa shape index (κ2) is 7.57. The first-order valence-corrected chi connectivity index (χ1v) is 10.3. The number of hydrogen-bond donors (Lipinski definition) is 2. The van der Waals surface area contributed by atoms with Crippen LogP contribution in [0.25, 0.3) is 0 Å². The molecule has 0 bridgehead atoms. The molecule has 6 nitrogen and oxygen atoms in total. The second-order valence-corrected chi connectivity index (χ2v) is 8.61. The van der Waals surface area contributed by atoms with E-state index in [2.05, 4.69) is 5.32 Å². The Morgan fingerprint density at radius 1 is 1.28 bits per heavy atom. The number of furan rings is 1. The van der Waals surface area contributed by atoms with E-state index in [4.69, 9.17) is 13.9 Å². The van der Waals surface area contributed by atoms with Crippen molar-refractivity contribution in [3.05, 3.63) is 70.3 Å². The molecular weight excluding hydrogens is 390 g/mol. The minimum Gasteiger partial charge on any atom is -0.483 e. The highest BCUT2D eigenvalue weighted by atomic mass is 32.1. The van der Waals surface area contributed by atoms with Gasteiger partial charge >= 0.3 is 0 Å². The average molecular weight is 413 g/mol. The zero-order chi connectivity index (χ0) is 20.5. The van der Waals surface area contributed by atoms with Crippen molar-refractivity contribution < 1.29 is 23.8 Å². The van der Waals surface area contributed by atoms with Gasteiger partial charge in [-0.1, -0.05) is 18.2 Å². The summed E-state index contributed by atoms with van der Waals surface area (Å²) in [5.41, 5.74) is -0.656. The SMILES string of the molecule is CC1(C)Cc2cccc(OCC(=O)NCC(O)(c3ccco3)c3cccs3)c2O1. The van der Waals surface area contributed by atoms with Crippen LogP contribution >= 0.6 is 11.3 Å². The fraction of sp³-hybridized carbons (Fsp3) is 0.318. The molecule has 0 aliphatic carbocycles.